The number of hydrogen-bond acceptors (Lipinski definition) is 8. The molecule has 1 aromatic heterocycles. The Balaban J connectivity index is 0.00000141. The molecule has 0 spiro atoms. The van der Waals surface area contributed by atoms with E-state index in [9.17, 15) is 14.4 Å². The summed E-state index contributed by atoms with van der Waals surface area (Å²) in [6, 6.07) is 20.9. The van der Waals surface area contributed by atoms with E-state index >= 15 is 0 Å². The van der Waals surface area contributed by atoms with Crippen LogP contribution in [0.5, 0.6) is 0 Å². The van der Waals surface area contributed by atoms with E-state index in [-0.39, 0.29) is 23.4 Å². The third-order valence-electron chi connectivity index (χ3n) is 8.46. The topological polar surface area (TPSA) is 129 Å². The fraction of sp³-hybridized carbons (Fsp3) is 0.382. The third kappa shape index (κ3) is 8.85. The molecule has 0 aliphatic carbocycles. The first-order valence-electron chi connectivity index (χ1n) is 14.8. The van der Waals surface area contributed by atoms with Gasteiger partial charge in [-0.3, -0.25) is 24.3 Å². The van der Waals surface area contributed by atoms with E-state index in [2.05, 4.69) is 16.0 Å². The Kier molecular flexibility index (Phi) is 11.8. The summed E-state index contributed by atoms with van der Waals surface area (Å²) in [6.07, 6.45) is 5.19. The number of rotatable bonds is 8. The Morgan fingerprint density at radius 1 is 0.864 bits per heavy atom. The summed E-state index contributed by atoms with van der Waals surface area (Å²) in [7, 11) is 0. The number of aromatic nitrogens is 1. The number of amides is 1. The molecule has 2 fully saturated rings. The number of benzene rings is 2. The van der Waals surface area contributed by atoms with Crippen molar-refractivity contribution >= 4 is 29.0 Å². The van der Waals surface area contributed by atoms with Crippen LogP contribution in [0.2, 0.25) is 0 Å². The van der Waals surface area contributed by atoms with Gasteiger partial charge in [-0.15, -0.1) is 0 Å². The van der Waals surface area contributed by atoms with Gasteiger partial charge in [-0.1, -0.05) is 42.0 Å². The summed E-state index contributed by atoms with van der Waals surface area (Å²) in [4.78, 5) is 47.4. The molecule has 0 bridgehead atoms. The fourth-order valence-corrected chi connectivity index (χ4v) is 5.82. The van der Waals surface area contributed by atoms with Gasteiger partial charge in [0, 0.05) is 43.7 Å². The second-order valence-electron chi connectivity index (χ2n) is 11.5. The van der Waals surface area contributed by atoms with Gasteiger partial charge in [-0.05, 0) is 81.4 Å². The van der Waals surface area contributed by atoms with Crippen molar-refractivity contribution in [1.82, 2.24) is 14.8 Å². The van der Waals surface area contributed by atoms with Crippen LogP contribution in [0.3, 0.4) is 0 Å². The van der Waals surface area contributed by atoms with Crippen molar-refractivity contribution in [2.45, 2.75) is 45.6 Å². The van der Waals surface area contributed by atoms with Gasteiger partial charge < -0.3 is 4.90 Å². The normalized spacial score (nSPS) is 15.9. The molecule has 0 radical (unpaired) electrons. The van der Waals surface area contributed by atoms with Crippen LogP contribution in [-0.2, 0) is 18.1 Å². The number of carbonyl (C=O) groups excluding carboxylic acids is 3. The van der Waals surface area contributed by atoms with Gasteiger partial charge in [0.15, 0.2) is 11.6 Å². The molecule has 228 valence electrons. The number of hydrogen-bond donors (Lipinski definition) is 0. The van der Waals surface area contributed by atoms with Gasteiger partial charge in [0.2, 0.25) is 0 Å². The van der Waals surface area contributed by atoms with E-state index in [0.717, 1.165) is 43.6 Å². The van der Waals surface area contributed by atoms with Crippen molar-refractivity contribution in [3.05, 3.63) is 100 Å². The second-order valence-corrected chi connectivity index (χ2v) is 11.6. The summed E-state index contributed by atoms with van der Waals surface area (Å²) in [5.41, 5.74) is 4.60. The Morgan fingerprint density at radius 3 is 2.05 bits per heavy atom. The molecule has 3 heterocycles. The van der Waals surface area contributed by atoms with E-state index in [1.54, 1.807) is 17.0 Å². The maximum Gasteiger partial charge on any atom is 0.335 e. The van der Waals surface area contributed by atoms with Gasteiger partial charge in [0.1, 0.15) is 5.69 Å². The largest absolute Gasteiger partial charge is 0.339 e. The molecule has 10 heteroatoms. The van der Waals surface area contributed by atoms with E-state index in [0.29, 0.717) is 55.1 Å². The summed E-state index contributed by atoms with van der Waals surface area (Å²) in [5, 5.41) is 8.97. The molecule has 2 aliphatic heterocycles. The fourth-order valence-electron chi connectivity index (χ4n) is 5.82. The van der Waals surface area contributed by atoms with E-state index in [1.165, 1.54) is 11.8 Å². The first-order valence-corrected chi connectivity index (χ1v) is 15.5. The van der Waals surface area contributed by atoms with Crippen LogP contribution in [0, 0.1) is 30.1 Å². The molecular formula is C34H36N4O5S. The second kappa shape index (κ2) is 15.9. The SMILES string of the molecule is Cc1ccc(C(=O)C2CCN(C(=O)c3ccc(C(=O)CC4CCN(Cc5ccc(C#N)cc5)CC4)nc3)CC2)cc1.O=S=O. The molecule has 3 aromatic rings. The molecule has 44 heavy (non-hydrogen) atoms. The minimum Gasteiger partial charge on any atom is -0.339 e. The van der Waals surface area contributed by atoms with E-state index < -0.39 is 11.6 Å². The molecule has 2 aliphatic rings. The Labute approximate surface area is 261 Å². The van der Waals surface area contributed by atoms with Crippen molar-refractivity contribution in [3.8, 4) is 6.07 Å². The Morgan fingerprint density at radius 2 is 1.48 bits per heavy atom. The lowest BCUT2D eigenvalue weighted by Gasteiger charge is -2.31. The number of carbonyl (C=O) groups is 3. The minimum absolute atomic E-state index is 0.0185. The predicted octanol–water partition coefficient (Wildman–Crippen LogP) is 4.81. The number of Topliss-reactive ketones (excluding diaryl/α,β-unsaturated/α-hetero) is 2. The van der Waals surface area contributed by atoms with Gasteiger partial charge in [-0.25, -0.2) is 0 Å². The number of aryl methyl sites for hydroxylation is 1. The monoisotopic (exact) mass is 612 g/mol. The van der Waals surface area contributed by atoms with Crippen LogP contribution >= 0.6 is 0 Å². The zero-order valence-corrected chi connectivity index (χ0v) is 25.6. The molecule has 0 unspecified atom stereocenters. The average molecular weight is 613 g/mol. The minimum atomic E-state index is -0.750. The van der Waals surface area contributed by atoms with Gasteiger partial charge >= 0.3 is 11.6 Å². The molecule has 0 atom stereocenters. The highest BCUT2D eigenvalue weighted by Crippen LogP contribution is 2.25. The van der Waals surface area contributed by atoms with Gasteiger partial charge in [-0.2, -0.15) is 13.7 Å². The molecule has 0 saturated carbocycles. The average Bonchev–Trinajstić information content (AvgIpc) is 3.06. The van der Waals surface area contributed by atoms with Crippen molar-refractivity contribution in [1.29, 1.82) is 5.26 Å². The highest BCUT2D eigenvalue weighted by atomic mass is 32.1. The van der Waals surface area contributed by atoms with Crippen molar-refractivity contribution < 1.29 is 22.8 Å². The van der Waals surface area contributed by atoms with Crippen molar-refractivity contribution in [2.75, 3.05) is 26.2 Å². The summed E-state index contributed by atoms with van der Waals surface area (Å²) in [5.74, 6) is 0.324. The first-order chi connectivity index (χ1) is 21.3. The number of likely N-dealkylation sites (tertiary alicyclic amines) is 2. The highest BCUT2D eigenvalue weighted by molar-refractivity contribution is 7.51. The van der Waals surface area contributed by atoms with Crippen molar-refractivity contribution in [2.24, 2.45) is 11.8 Å². The predicted molar refractivity (Wildman–Crippen MR) is 165 cm³/mol. The highest BCUT2D eigenvalue weighted by Gasteiger charge is 2.29. The summed E-state index contributed by atoms with van der Waals surface area (Å²) < 4.78 is 16.6. The Bertz CT molecular complexity index is 1510. The van der Waals surface area contributed by atoms with Crippen LogP contribution in [0.15, 0.2) is 66.9 Å². The molecule has 9 nitrogen and oxygen atoms in total. The maximum atomic E-state index is 13.1. The standard InChI is InChI=1S/C34H36N4O3.O2S/c1-24-2-8-28(9-3-24)33(40)29-14-18-38(19-15-29)34(41)30-10-11-31(36-22-30)32(39)20-25-12-16-37(17-13-25)23-27-6-4-26(21-35)5-7-27;1-3-2/h2-11,22,25,29H,12-20,23H2,1H3;. The van der Waals surface area contributed by atoms with Crippen LogP contribution in [0.25, 0.3) is 0 Å². The maximum absolute atomic E-state index is 13.1. The molecule has 5 rings (SSSR count). The zero-order valence-electron chi connectivity index (χ0n) is 24.8. The summed E-state index contributed by atoms with van der Waals surface area (Å²) in [6.45, 7) is 5.79. The zero-order chi connectivity index (χ0) is 31.5. The summed E-state index contributed by atoms with van der Waals surface area (Å²) >= 11 is -0.750. The van der Waals surface area contributed by atoms with Crippen LogP contribution in [-0.4, -0.2) is 66.9 Å². The number of ketones is 2. The van der Waals surface area contributed by atoms with E-state index in [4.69, 9.17) is 13.7 Å². The van der Waals surface area contributed by atoms with Crippen LogP contribution in [0.4, 0.5) is 0 Å². The van der Waals surface area contributed by atoms with Crippen molar-refractivity contribution in [3.63, 3.8) is 0 Å². The molecule has 2 saturated heterocycles. The third-order valence-corrected chi connectivity index (χ3v) is 8.46. The lowest BCUT2D eigenvalue weighted by atomic mass is 9.88. The number of nitrogens with zero attached hydrogens (tertiary/aromatic N) is 4. The Hall–Kier alpha value is -4.33. The van der Waals surface area contributed by atoms with Crippen LogP contribution < -0.4 is 0 Å². The lowest BCUT2D eigenvalue weighted by Crippen LogP contribution is -2.40. The lowest BCUT2D eigenvalue weighted by molar-refractivity contribution is 0.0649. The first kappa shape index (κ1) is 32.6. The van der Waals surface area contributed by atoms with Gasteiger partial charge in [0.25, 0.3) is 5.91 Å². The number of piperidine rings is 2. The van der Waals surface area contributed by atoms with Gasteiger partial charge in [0.05, 0.1) is 17.2 Å². The van der Waals surface area contributed by atoms with E-state index in [1.807, 2.05) is 55.5 Å². The molecule has 0 N–H and O–H groups in total. The van der Waals surface area contributed by atoms with Crippen LogP contribution in [0.1, 0.15) is 80.0 Å². The smallest absolute Gasteiger partial charge is 0.335 e. The number of nitriles is 1. The quantitative estimate of drug-likeness (QED) is 0.332. The molecule has 2 aromatic carbocycles. The molecule has 1 amide bonds. The number of pyridine rings is 1. The molecular weight excluding hydrogens is 576 g/mol.